The average Bonchev–Trinajstić information content (AvgIpc) is 2.49. The van der Waals surface area contributed by atoms with Crippen LogP contribution in [0.3, 0.4) is 0 Å². The number of hydrazone groups is 1. The number of benzene rings is 2. The first-order valence-electron chi connectivity index (χ1n) is 6.41. The van der Waals surface area contributed by atoms with Gasteiger partial charge in [-0.1, -0.05) is 24.3 Å². The first kappa shape index (κ1) is 14.7. The predicted octanol–water partition coefficient (Wildman–Crippen LogP) is 2.66. The van der Waals surface area contributed by atoms with Crippen LogP contribution in [0.1, 0.15) is 11.1 Å². The number of hydrogen-bond acceptors (Lipinski definition) is 3. The smallest absolute Gasteiger partial charge is 0.277 e. The number of nitrogens with one attached hydrogen (secondary N) is 1. The zero-order valence-corrected chi connectivity index (χ0v) is 11.5. The third kappa shape index (κ3) is 4.72. The van der Waals surface area contributed by atoms with E-state index in [0.29, 0.717) is 5.75 Å². The average molecular weight is 286 g/mol. The molecule has 0 aliphatic heterocycles. The number of amides is 1. The summed E-state index contributed by atoms with van der Waals surface area (Å²) in [5, 5.41) is 3.86. The van der Waals surface area contributed by atoms with Crippen molar-refractivity contribution in [2.45, 2.75) is 6.92 Å². The second-order valence-electron chi connectivity index (χ2n) is 4.39. The van der Waals surface area contributed by atoms with E-state index in [4.69, 9.17) is 4.74 Å². The summed E-state index contributed by atoms with van der Waals surface area (Å²) < 4.78 is 17.9. The summed E-state index contributed by atoms with van der Waals surface area (Å²) in [4.78, 5) is 11.5. The molecule has 0 aliphatic carbocycles. The molecule has 0 atom stereocenters. The van der Waals surface area contributed by atoms with Gasteiger partial charge in [-0.2, -0.15) is 5.10 Å². The first-order chi connectivity index (χ1) is 10.1. The van der Waals surface area contributed by atoms with Crippen molar-refractivity contribution in [2.24, 2.45) is 5.10 Å². The molecule has 0 spiro atoms. The van der Waals surface area contributed by atoms with Gasteiger partial charge in [-0.3, -0.25) is 4.79 Å². The number of aryl methyl sites for hydroxylation is 1. The van der Waals surface area contributed by atoms with Crippen molar-refractivity contribution >= 4 is 12.1 Å². The molecule has 1 amide bonds. The minimum atomic E-state index is -0.385. The van der Waals surface area contributed by atoms with E-state index in [1.165, 1.54) is 24.3 Å². The third-order valence-corrected chi connectivity index (χ3v) is 2.76. The van der Waals surface area contributed by atoms with E-state index in [0.717, 1.165) is 11.1 Å². The van der Waals surface area contributed by atoms with E-state index in [1.54, 1.807) is 6.21 Å². The lowest BCUT2D eigenvalue weighted by Gasteiger charge is -2.04. The molecular formula is C16H15FN2O2. The van der Waals surface area contributed by atoms with Crippen LogP contribution in [-0.4, -0.2) is 18.7 Å². The number of halogens is 1. The lowest BCUT2D eigenvalue weighted by atomic mass is 10.1. The quantitative estimate of drug-likeness (QED) is 0.678. The number of nitrogens with zero attached hydrogens (tertiary/aromatic N) is 1. The van der Waals surface area contributed by atoms with Gasteiger partial charge < -0.3 is 4.74 Å². The van der Waals surface area contributed by atoms with Gasteiger partial charge in [0.05, 0.1) is 6.21 Å². The fraction of sp³-hybridized carbons (Fsp3) is 0.125. The number of hydrogen-bond donors (Lipinski definition) is 1. The summed E-state index contributed by atoms with van der Waals surface area (Å²) in [6.45, 7) is 1.78. The molecule has 0 saturated carbocycles. The van der Waals surface area contributed by atoms with Crippen LogP contribution in [0, 0.1) is 12.7 Å². The lowest BCUT2D eigenvalue weighted by molar-refractivity contribution is -0.123. The molecule has 4 nitrogen and oxygen atoms in total. The Balaban J connectivity index is 1.80. The molecule has 0 bridgehead atoms. The van der Waals surface area contributed by atoms with Crippen LogP contribution >= 0.6 is 0 Å². The molecule has 0 aromatic heterocycles. The first-order valence-corrected chi connectivity index (χ1v) is 6.41. The Morgan fingerprint density at radius 2 is 1.95 bits per heavy atom. The zero-order chi connectivity index (χ0) is 15.1. The molecular weight excluding hydrogens is 271 g/mol. The number of rotatable bonds is 5. The van der Waals surface area contributed by atoms with Gasteiger partial charge in [0.1, 0.15) is 11.6 Å². The largest absolute Gasteiger partial charge is 0.484 e. The van der Waals surface area contributed by atoms with Gasteiger partial charge in [0.2, 0.25) is 0 Å². The normalized spacial score (nSPS) is 10.6. The maximum atomic E-state index is 12.7. The highest BCUT2D eigenvalue weighted by Crippen LogP contribution is 2.10. The second kappa shape index (κ2) is 7.19. The Bertz CT molecular complexity index is 639. The zero-order valence-electron chi connectivity index (χ0n) is 11.5. The number of ether oxygens (including phenoxy) is 1. The number of carbonyl (C=O) groups excluding carboxylic acids is 1. The number of carbonyl (C=O) groups is 1. The molecule has 2 aromatic carbocycles. The lowest BCUT2D eigenvalue weighted by Crippen LogP contribution is -2.24. The molecule has 0 saturated heterocycles. The highest BCUT2D eigenvalue weighted by atomic mass is 19.1. The standard InChI is InChI=1S/C16H15FN2O2/c1-12-4-2-3-5-13(12)10-18-19-16(20)11-21-15-8-6-14(17)7-9-15/h2-10H,11H2,1H3,(H,19,20)/b18-10-. The molecule has 5 heteroatoms. The van der Waals surface area contributed by atoms with Crippen molar-refractivity contribution in [2.75, 3.05) is 6.61 Å². The SMILES string of the molecule is Cc1ccccc1/C=N\NC(=O)COc1ccc(F)cc1. The van der Waals surface area contributed by atoms with Crippen molar-refractivity contribution in [3.63, 3.8) is 0 Å². The monoisotopic (exact) mass is 286 g/mol. The van der Waals surface area contributed by atoms with Gasteiger partial charge in [-0.05, 0) is 42.3 Å². The molecule has 0 radical (unpaired) electrons. The summed E-state index contributed by atoms with van der Waals surface area (Å²) in [6, 6.07) is 13.1. The van der Waals surface area contributed by atoms with Crippen molar-refractivity contribution in [3.05, 3.63) is 65.5 Å². The van der Waals surface area contributed by atoms with E-state index in [-0.39, 0.29) is 18.3 Å². The fourth-order valence-electron chi connectivity index (χ4n) is 1.62. The van der Waals surface area contributed by atoms with Crippen LogP contribution in [0.15, 0.2) is 53.6 Å². The third-order valence-electron chi connectivity index (χ3n) is 2.76. The fourth-order valence-corrected chi connectivity index (χ4v) is 1.62. The molecule has 2 rings (SSSR count). The van der Waals surface area contributed by atoms with Crippen molar-refractivity contribution in [1.29, 1.82) is 0 Å². The Kier molecular flexibility index (Phi) is 5.04. The van der Waals surface area contributed by atoms with Crippen LogP contribution in [0.2, 0.25) is 0 Å². The van der Waals surface area contributed by atoms with Gasteiger partial charge in [0.15, 0.2) is 6.61 Å². The molecule has 0 fully saturated rings. The maximum Gasteiger partial charge on any atom is 0.277 e. The van der Waals surface area contributed by atoms with Gasteiger partial charge in [-0.15, -0.1) is 0 Å². The van der Waals surface area contributed by atoms with Crippen LogP contribution in [0.5, 0.6) is 5.75 Å². The Labute approximate surface area is 122 Å². The second-order valence-corrected chi connectivity index (χ2v) is 4.39. The summed E-state index contributed by atoms with van der Waals surface area (Å²) in [5.41, 5.74) is 4.37. The van der Waals surface area contributed by atoms with Crippen LogP contribution in [0.25, 0.3) is 0 Å². The summed E-state index contributed by atoms with van der Waals surface area (Å²) in [7, 11) is 0. The predicted molar refractivity (Wildman–Crippen MR) is 78.8 cm³/mol. The molecule has 21 heavy (non-hydrogen) atoms. The minimum absolute atomic E-state index is 0.184. The highest BCUT2D eigenvalue weighted by Gasteiger charge is 2.01. The van der Waals surface area contributed by atoms with Gasteiger partial charge in [-0.25, -0.2) is 9.82 Å². The molecule has 1 N–H and O–H groups in total. The van der Waals surface area contributed by atoms with Crippen LogP contribution in [-0.2, 0) is 4.79 Å². The maximum absolute atomic E-state index is 12.7. The van der Waals surface area contributed by atoms with E-state index in [1.807, 2.05) is 31.2 Å². The van der Waals surface area contributed by atoms with Crippen LogP contribution in [0.4, 0.5) is 4.39 Å². The minimum Gasteiger partial charge on any atom is -0.484 e. The van der Waals surface area contributed by atoms with Gasteiger partial charge >= 0.3 is 0 Å². The Morgan fingerprint density at radius 1 is 1.24 bits per heavy atom. The van der Waals surface area contributed by atoms with Crippen LogP contribution < -0.4 is 10.2 Å². The highest BCUT2D eigenvalue weighted by molar-refractivity contribution is 5.84. The molecule has 2 aromatic rings. The van der Waals surface area contributed by atoms with Crippen molar-refractivity contribution in [3.8, 4) is 5.75 Å². The van der Waals surface area contributed by atoms with E-state index in [9.17, 15) is 9.18 Å². The van der Waals surface area contributed by atoms with E-state index in [2.05, 4.69) is 10.5 Å². The van der Waals surface area contributed by atoms with E-state index >= 15 is 0 Å². The summed E-state index contributed by atoms with van der Waals surface area (Å²) in [5.74, 6) is -0.312. The summed E-state index contributed by atoms with van der Waals surface area (Å²) >= 11 is 0. The molecule has 108 valence electrons. The molecule has 0 heterocycles. The Hall–Kier alpha value is -2.69. The van der Waals surface area contributed by atoms with Gasteiger partial charge in [0.25, 0.3) is 5.91 Å². The summed E-state index contributed by atoms with van der Waals surface area (Å²) in [6.07, 6.45) is 1.57. The van der Waals surface area contributed by atoms with E-state index < -0.39 is 0 Å². The molecule has 0 aliphatic rings. The van der Waals surface area contributed by atoms with Crippen molar-refractivity contribution < 1.29 is 13.9 Å². The Morgan fingerprint density at radius 3 is 2.67 bits per heavy atom. The topological polar surface area (TPSA) is 50.7 Å². The van der Waals surface area contributed by atoms with Gasteiger partial charge in [0, 0.05) is 0 Å². The molecule has 0 unspecified atom stereocenters. The van der Waals surface area contributed by atoms with Crippen molar-refractivity contribution in [1.82, 2.24) is 5.43 Å².